The Balaban J connectivity index is 2.08. The Morgan fingerprint density at radius 3 is 2.68 bits per heavy atom. The van der Waals surface area contributed by atoms with E-state index in [1.807, 2.05) is 0 Å². The van der Waals surface area contributed by atoms with Gasteiger partial charge in [0.15, 0.2) is 0 Å². The molecule has 8 heteroatoms. The molecule has 25 heavy (non-hydrogen) atoms. The van der Waals surface area contributed by atoms with Crippen LogP contribution < -0.4 is 5.32 Å². The molecule has 0 spiro atoms. The Hall–Kier alpha value is -2.51. The van der Waals surface area contributed by atoms with Crippen LogP contribution in [-0.2, 0) is 4.79 Å². The summed E-state index contributed by atoms with van der Waals surface area (Å²) in [5.41, 5.74) is 0.243. The summed E-state index contributed by atoms with van der Waals surface area (Å²) in [6, 6.07) is 9.98. The van der Waals surface area contributed by atoms with E-state index >= 15 is 0 Å². The molecule has 1 N–H and O–H groups in total. The van der Waals surface area contributed by atoms with Crippen LogP contribution in [0.2, 0.25) is 5.02 Å². The molecule has 1 atom stereocenters. The number of nitrogens with zero attached hydrogens (tertiary/aromatic N) is 2. The molecule has 0 saturated heterocycles. The number of likely N-dealkylation sites (N-methyl/N-ethyl adjacent to an activating group) is 1. The Labute approximate surface area is 149 Å². The van der Waals surface area contributed by atoms with Crippen molar-refractivity contribution in [1.29, 1.82) is 0 Å². The predicted molar refractivity (Wildman–Crippen MR) is 94.2 cm³/mol. The van der Waals surface area contributed by atoms with Crippen molar-refractivity contribution in [2.45, 2.75) is 13.0 Å². The van der Waals surface area contributed by atoms with Crippen LogP contribution in [-0.4, -0.2) is 29.3 Å². The molecule has 1 amide bonds. The van der Waals surface area contributed by atoms with Gasteiger partial charge in [-0.1, -0.05) is 29.8 Å². The molecule has 0 bridgehead atoms. The van der Waals surface area contributed by atoms with Crippen molar-refractivity contribution in [3.05, 3.63) is 69.0 Å². The molecule has 0 aliphatic carbocycles. The molecule has 0 fully saturated rings. The molecule has 6 nitrogen and oxygen atoms in total. The first-order valence-corrected chi connectivity index (χ1v) is 7.86. The molecule has 0 aliphatic rings. The second kappa shape index (κ2) is 8.04. The van der Waals surface area contributed by atoms with Crippen molar-refractivity contribution in [2.75, 3.05) is 18.9 Å². The summed E-state index contributed by atoms with van der Waals surface area (Å²) in [4.78, 5) is 24.3. The smallest absolute Gasteiger partial charge is 0.294 e. The Kier molecular flexibility index (Phi) is 6.06. The summed E-state index contributed by atoms with van der Waals surface area (Å²) in [5, 5.41) is 13.8. The van der Waals surface area contributed by atoms with Crippen molar-refractivity contribution in [1.82, 2.24) is 4.90 Å². The molecule has 132 valence electrons. The van der Waals surface area contributed by atoms with Gasteiger partial charge in [0.1, 0.15) is 11.5 Å². The number of carbonyl (C=O) groups excluding carboxylic acids is 1. The third kappa shape index (κ3) is 4.74. The van der Waals surface area contributed by atoms with Crippen LogP contribution in [0.5, 0.6) is 0 Å². The monoisotopic (exact) mass is 365 g/mol. The van der Waals surface area contributed by atoms with Crippen molar-refractivity contribution < 1.29 is 14.1 Å². The molecule has 1 unspecified atom stereocenters. The van der Waals surface area contributed by atoms with Gasteiger partial charge >= 0.3 is 0 Å². The highest BCUT2D eigenvalue weighted by Crippen LogP contribution is 2.28. The van der Waals surface area contributed by atoms with E-state index < -0.39 is 10.8 Å². The van der Waals surface area contributed by atoms with Gasteiger partial charge in [-0.25, -0.2) is 4.39 Å². The highest BCUT2D eigenvalue weighted by molar-refractivity contribution is 6.31. The summed E-state index contributed by atoms with van der Waals surface area (Å²) in [6.07, 6.45) is 0. The lowest BCUT2D eigenvalue weighted by atomic mass is 10.1. The number of halogens is 2. The Morgan fingerprint density at radius 1 is 1.36 bits per heavy atom. The summed E-state index contributed by atoms with van der Waals surface area (Å²) in [5.74, 6) is -0.799. The summed E-state index contributed by atoms with van der Waals surface area (Å²) in [7, 11) is 1.67. The molecule has 0 saturated carbocycles. The van der Waals surface area contributed by atoms with Crippen LogP contribution in [0.1, 0.15) is 18.5 Å². The van der Waals surface area contributed by atoms with E-state index in [2.05, 4.69) is 5.32 Å². The number of nitro benzene ring substituents is 1. The van der Waals surface area contributed by atoms with Crippen LogP contribution in [0.3, 0.4) is 0 Å². The third-order valence-corrected chi connectivity index (χ3v) is 4.08. The van der Waals surface area contributed by atoms with E-state index in [0.717, 1.165) is 0 Å². The zero-order valence-corrected chi connectivity index (χ0v) is 14.5. The fourth-order valence-electron chi connectivity index (χ4n) is 2.37. The quantitative estimate of drug-likeness (QED) is 0.619. The molecule has 0 aliphatic heterocycles. The summed E-state index contributed by atoms with van der Waals surface area (Å²) in [6.45, 7) is 1.71. The van der Waals surface area contributed by atoms with Gasteiger partial charge in [0.05, 0.1) is 11.5 Å². The number of benzene rings is 2. The van der Waals surface area contributed by atoms with Crippen LogP contribution in [0.4, 0.5) is 15.8 Å². The molecule has 0 aromatic heterocycles. The number of amides is 1. The number of hydrogen-bond acceptors (Lipinski definition) is 4. The average molecular weight is 366 g/mol. The van der Waals surface area contributed by atoms with Gasteiger partial charge in [-0.05, 0) is 32.2 Å². The van der Waals surface area contributed by atoms with E-state index in [4.69, 9.17) is 11.6 Å². The number of rotatable bonds is 6. The first kappa shape index (κ1) is 18.8. The number of nitrogens with one attached hydrogen (secondary N) is 1. The Morgan fingerprint density at radius 2 is 2.04 bits per heavy atom. The van der Waals surface area contributed by atoms with Crippen molar-refractivity contribution in [3.8, 4) is 0 Å². The maximum absolute atomic E-state index is 13.8. The van der Waals surface area contributed by atoms with E-state index in [1.165, 1.54) is 24.3 Å². The fourth-order valence-corrected chi connectivity index (χ4v) is 2.53. The lowest BCUT2D eigenvalue weighted by Gasteiger charge is -2.24. The van der Waals surface area contributed by atoms with Gasteiger partial charge in [0.25, 0.3) is 5.69 Å². The van der Waals surface area contributed by atoms with E-state index in [1.54, 1.807) is 37.1 Å². The van der Waals surface area contributed by atoms with E-state index in [-0.39, 0.29) is 34.8 Å². The highest BCUT2D eigenvalue weighted by atomic mass is 35.5. The van der Waals surface area contributed by atoms with Crippen LogP contribution in [0.15, 0.2) is 42.5 Å². The largest absolute Gasteiger partial charge is 0.319 e. The van der Waals surface area contributed by atoms with Crippen LogP contribution >= 0.6 is 11.6 Å². The lowest BCUT2D eigenvalue weighted by Crippen LogP contribution is -2.32. The van der Waals surface area contributed by atoms with E-state index in [9.17, 15) is 19.3 Å². The second-order valence-electron chi connectivity index (χ2n) is 5.58. The van der Waals surface area contributed by atoms with Crippen LogP contribution in [0.25, 0.3) is 0 Å². The summed E-state index contributed by atoms with van der Waals surface area (Å²) >= 11 is 5.75. The molecule has 2 aromatic carbocycles. The topological polar surface area (TPSA) is 75.5 Å². The zero-order chi connectivity index (χ0) is 18.6. The normalized spacial score (nSPS) is 12.0. The highest BCUT2D eigenvalue weighted by Gasteiger charge is 2.20. The molecular weight excluding hydrogens is 349 g/mol. The first-order chi connectivity index (χ1) is 11.8. The molecular formula is C17H17ClFN3O3. The van der Waals surface area contributed by atoms with E-state index in [0.29, 0.717) is 5.56 Å². The first-order valence-electron chi connectivity index (χ1n) is 7.48. The molecule has 2 rings (SSSR count). The number of nitro groups is 1. The number of anilines is 1. The van der Waals surface area contributed by atoms with Gasteiger partial charge < -0.3 is 5.32 Å². The number of hydrogen-bond donors (Lipinski definition) is 1. The van der Waals surface area contributed by atoms with Gasteiger partial charge in [0.2, 0.25) is 5.91 Å². The zero-order valence-electron chi connectivity index (χ0n) is 13.7. The molecule has 2 aromatic rings. The fraction of sp³-hybridized carbons (Fsp3) is 0.235. The van der Waals surface area contributed by atoms with Gasteiger partial charge in [0, 0.05) is 22.7 Å². The molecule has 0 heterocycles. The minimum atomic E-state index is -0.618. The van der Waals surface area contributed by atoms with Crippen molar-refractivity contribution >= 4 is 28.9 Å². The summed E-state index contributed by atoms with van der Waals surface area (Å²) < 4.78 is 13.8. The minimum absolute atomic E-state index is 0.0602. The lowest BCUT2D eigenvalue weighted by molar-refractivity contribution is -0.383. The number of carbonyl (C=O) groups is 1. The third-order valence-electron chi connectivity index (χ3n) is 3.84. The minimum Gasteiger partial charge on any atom is -0.319 e. The van der Waals surface area contributed by atoms with Crippen molar-refractivity contribution in [3.63, 3.8) is 0 Å². The average Bonchev–Trinajstić information content (AvgIpc) is 2.56. The van der Waals surface area contributed by atoms with Gasteiger partial charge in [-0.15, -0.1) is 0 Å². The predicted octanol–water partition coefficient (Wildman–Crippen LogP) is 4.02. The van der Waals surface area contributed by atoms with Crippen molar-refractivity contribution in [2.24, 2.45) is 0 Å². The standard InChI is InChI=1S/C17H17ClFN3O3/c1-11(13-5-3-4-6-14(13)19)21(2)10-17(23)20-15-8-7-12(18)9-16(15)22(24)25/h3-9,11H,10H2,1-2H3,(H,20,23). The SMILES string of the molecule is CC(c1ccccc1F)N(C)CC(=O)Nc1ccc(Cl)cc1[N+](=O)[O-]. The second-order valence-corrected chi connectivity index (χ2v) is 6.02. The molecule has 0 radical (unpaired) electrons. The maximum Gasteiger partial charge on any atom is 0.294 e. The Bertz CT molecular complexity index is 800. The van der Waals surface area contributed by atoms with Gasteiger partial charge in [-0.3, -0.25) is 19.8 Å². The maximum atomic E-state index is 13.8. The van der Waals surface area contributed by atoms with Gasteiger partial charge in [-0.2, -0.15) is 0 Å². The van der Waals surface area contributed by atoms with Crippen LogP contribution in [0, 0.1) is 15.9 Å².